The minimum Gasteiger partial charge on any atom is -0.321 e. The molecule has 22 heavy (non-hydrogen) atoms. The van der Waals surface area contributed by atoms with Crippen LogP contribution in [0.15, 0.2) is 12.1 Å². The number of carbonyl (C=O) groups is 1. The van der Waals surface area contributed by atoms with Gasteiger partial charge in [-0.15, -0.1) is 0 Å². The second kappa shape index (κ2) is 6.04. The van der Waals surface area contributed by atoms with Crippen molar-refractivity contribution in [2.45, 2.75) is 45.1 Å². The fourth-order valence-corrected chi connectivity index (χ4v) is 3.44. The molecule has 0 spiro atoms. The summed E-state index contributed by atoms with van der Waals surface area (Å²) in [5, 5.41) is 13.8. The maximum Gasteiger partial charge on any atom is 0.293 e. The average Bonchev–Trinajstić information content (AvgIpc) is 2.58. The summed E-state index contributed by atoms with van der Waals surface area (Å²) >= 11 is 0. The molecule has 1 aromatic carbocycles. The highest BCUT2D eigenvalue weighted by Gasteiger charge is 2.27. The lowest BCUT2D eigenvalue weighted by Gasteiger charge is -2.38. The van der Waals surface area contributed by atoms with Gasteiger partial charge in [-0.1, -0.05) is 0 Å². The van der Waals surface area contributed by atoms with Crippen LogP contribution in [0.25, 0.3) is 0 Å². The molecule has 6 heteroatoms. The third kappa shape index (κ3) is 2.97. The Balaban J connectivity index is 1.87. The average molecular weight is 303 g/mol. The Bertz CT molecular complexity index is 611. The Morgan fingerprint density at radius 1 is 1.27 bits per heavy atom. The van der Waals surface area contributed by atoms with Crippen molar-refractivity contribution in [2.75, 3.05) is 18.4 Å². The van der Waals surface area contributed by atoms with Crippen molar-refractivity contribution in [3.8, 4) is 0 Å². The molecule has 0 aromatic heterocycles. The van der Waals surface area contributed by atoms with Crippen LogP contribution in [0.1, 0.15) is 37.3 Å². The summed E-state index contributed by atoms with van der Waals surface area (Å²) in [6.45, 7) is 3.73. The van der Waals surface area contributed by atoms with Crippen LogP contribution in [-0.2, 0) is 17.6 Å². The van der Waals surface area contributed by atoms with E-state index in [-0.39, 0.29) is 11.6 Å². The van der Waals surface area contributed by atoms with Gasteiger partial charge in [-0.25, -0.2) is 0 Å². The molecule has 1 saturated heterocycles. The number of amides is 1. The molecular formula is C16H21N3O3. The molecule has 1 aliphatic heterocycles. The van der Waals surface area contributed by atoms with Gasteiger partial charge in [-0.05, 0) is 62.4 Å². The third-order valence-electron chi connectivity index (χ3n) is 4.73. The second-order valence-corrected chi connectivity index (χ2v) is 6.20. The van der Waals surface area contributed by atoms with Gasteiger partial charge in [0.25, 0.3) is 5.69 Å². The molecule has 1 amide bonds. The van der Waals surface area contributed by atoms with Crippen molar-refractivity contribution in [3.05, 3.63) is 33.4 Å². The van der Waals surface area contributed by atoms with E-state index < -0.39 is 4.92 Å². The molecule has 1 aliphatic carbocycles. The van der Waals surface area contributed by atoms with E-state index in [1.807, 2.05) is 0 Å². The highest BCUT2D eigenvalue weighted by molar-refractivity contribution is 5.91. The molecule has 1 atom stereocenters. The van der Waals surface area contributed by atoms with Crippen LogP contribution in [0.4, 0.5) is 11.4 Å². The Morgan fingerprint density at radius 2 is 1.91 bits per heavy atom. The largest absolute Gasteiger partial charge is 0.321 e. The number of likely N-dealkylation sites (tertiary alicyclic amines) is 1. The zero-order valence-electron chi connectivity index (χ0n) is 12.8. The molecule has 6 nitrogen and oxygen atoms in total. The minimum absolute atomic E-state index is 0.00338. The quantitative estimate of drug-likeness (QED) is 0.529. The first-order valence-corrected chi connectivity index (χ1v) is 7.86. The van der Waals surface area contributed by atoms with Crippen molar-refractivity contribution in [1.29, 1.82) is 0 Å². The van der Waals surface area contributed by atoms with Gasteiger partial charge < -0.3 is 10.2 Å². The predicted octanol–water partition coefficient (Wildman–Crippen LogP) is 2.51. The fraction of sp³-hybridized carbons (Fsp3) is 0.562. The molecule has 2 aliphatic rings. The lowest BCUT2D eigenvalue weighted by atomic mass is 10.0. The first-order chi connectivity index (χ1) is 10.5. The summed E-state index contributed by atoms with van der Waals surface area (Å²) in [4.78, 5) is 24.6. The molecule has 0 radical (unpaired) electrons. The molecule has 3 rings (SSSR count). The highest BCUT2D eigenvalue weighted by Crippen LogP contribution is 2.33. The summed E-state index contributed by atoms with van der Waals surface area (Å²) in [5.41, 5.74) is 2.51. The smallest absolute Gasteiger partial charge is 0.293 e. The number of carbonyl (C=O) groups excluding carboxylic acids is 1. The first kappa shape index (κ1) is 15.0. The van der Waals surface area contributed by atoms with Gasteiger partial charge in [0.15, 0.2) is 0 Å². The van der Waals surface area contributed by atoms with Crippen LogP contribution in [-0.4, -0.2) is 34.9 Å². The highest BCUT2D eigenvalue weighted by atomic mass is 16.6. The van der Waals surface area contributed by atoms with E-state index in [1.165, 1.54) is 26.4 Å². The Morgan fingerprint density at radius 3 is 2.41 bits per heavy atom. The minimum atomic E-state index is -0.413. The predicted molar refractivity (Wildman–Crippen MR) is 84.0 cm³/mol. The summed E-state index contributed by atoms with van der Waals surface area (Å²) in [6.07, 6.45) is 5.22. The van der Waals surface area contributed by atoms with E-state index in [1.54, 1.807) is 12.1 Å². The van der Waals surface area contributed by atoms with Crippen LogP contribution in [0, 0.1) is 10.1 Å². The van der Waals surface area contributed by atoms with Crippen molar-refractivity contribution < 1.29 is 9.72 Å². The lowest BCUT2D eigenvalue weighted by molar-refractivity contribution is -0.384. The van der Waals surface area contributed by atoms with Crippen LogP contribution in [0.3, 0.4) is 0 Å². The van der Waals surface area contributed by atoms with Crippen molar-refractivity contribution in [1.82, 2.24) is 4.90 Å². The molecule has 1 fully saturated rings. The maximum absolute atomic E-state index is 11.3. The van der Waals surface area contributed by atoms with Crippen LogP contribution in [0.2, 0.25) is 0 Å². The summed E-state index contributed by atoms with van der Waals surface area (Å²) < 4.78 is 0. The van der Waals surface area contributed by atoms with Crippen LogP contribution >= 0.6 is 0 Å². The summed E-state index contributed by atoms with van der Waals surface area (Å²) in [7, 11) is 0. The maximum atomic E-state index is 11.3. The number of aryl methyl sites for hydroxylation is 2. The molecule has 1 aromatic rings. The molecule has 1 N–H and O–H groups in total. The summed E-state index contributed by atoms with van der Waals surface area (Å²) in [5.74, 6) is -0.282. The van der Waals surface area contributed by atoms with E-state index in [2.05, 4.69) is 10.2 Å². The van der Waals surface area contributed by atoms with Gasteiger partial charge in [0.05, 0.1) is 4.92 Å². The zero-order chi connectivity index (χ0) is 15.7. The topological polar surface area (TPSA) is 75.5 Å². The number of rotatable bonds is 3. The van der Waals surface area contributed by atoms with Gasteiger partial charge in [0.2, 0.25) is 5.91 Å². The number of nitro benzene ring substituents is 1. The van der Waals surface area contributed by atoms with Crippen LogP contribution < -0.4 is 5.32 Å². The molecule has 1 unspecified atom stereocenters. The number of anilines is 1. The monoisotopic (exact) mass is 303 g/mol. The Kier molecular flexibility index (Phi) is 4.11. The van der Waals surface area contributed by atoms with Crippen molar-refractivity contribution in [3.63, 3.8) is 0 Å². The van der Waals surface area contributed by atoms with Crippen LogP contribution in [0.5, 0.6) is 0 Å². The van der Waals surface area contributed by atoms with E-state index >= 15 is 0 Å². The second-order valence-electron chi connectivity index (χ2n) is 6.20. The molecule has 118 valence electrons. The van der Waals surface area contributed by atoms with Gasteiger partial charge in [0, 0.05) is 19.0 Å². The SMILES string of the molecule is CC(=O)Nc1cc2c(cc1[N+](=O)[O-])CCC(N1CCC1)CC2. The molecule has 1 heterocycles. The van der Waals surface area contributed by atoms with E-state index in [9.17, 15) is 14.9 Å². The third-order valence-corrected chi connectivity index (χ3v) is 4.73. The van der Waals surface area contributed by atoms with Gasteiger partial charge in [-0.2, -0.15) is 0 Å². The molecular weight excluding hydrogens is 282 g/mol. The van der Waals surface area contributed by atoms with Crippen molar-refractivity contribution >= 4 is 17.3 Å². The van der Waals surface area contributed by atoms with Gasteiger partial charge in [-0.3, -0.25) is 14.9 Å². The van der Waals surface area contributed by atoms with Gasteiger partial charge in [0.1, 0.15) is 5.69 Å². The number of nitrogens with zero attached hydrogens (tertiary/aromatic N) is 2. The lowest BCUT2D eigenvalue weighted by Crippen LogP contribution is -2.45. The number of nitro groups is 1. The zero-order valence-corrected chi connectivity index (χ0v) is 12.8. The number of benzene rings is 1. The fourth-order valence-electron chi connectivity index (χ4n) is 3.44. The normalized spacial score (nSPS) is 21.4. The van der Waals surface area contributed by atoms with Crippen molar-refractivity contribution in [2.24, 2.45) is 0 Å². The van der Waals surface area contributed by atoms with E-state index in [4.69, 9.17) is 0 Å². The van der Waals surface area contributed by atoms with E-state index in [0.29, 0.717) is 11.7 Å². The number of fused-ring (bicyclic) bond motifs is 1. The van der Waals surface area contributed by atoms with Gasteiger partial charge >= 0.3 is 0 Å². The first-order valence-electron chi connectivity index (χ1n) is 7.86. The Labute approximate surface area is 129 Å². The van der Waals surface area contributed by atoms with E-state index in [0.717, 1.165) is 36.8 Å². The summed E-state index contributed by atoms with van der Waals surface area (Å²) in [6, 6.07) is 4.04. The number of hydrogen-bond donors (Lipinski definition) is 1. The molecule has 0 bridgehead atoms. The molecule has 0 saturated carbocycles. The Hall–Kier alpha value is -1.95. The standard InChI is InChI=1S/C16H21N3O3/c1-11(20)17-15-9-12-3-5-14(18-7-2-8-18)6-4-13(12)10-16(15)19(21)22/h9-10,14H,2-8H2,1H3,(H,17,20). The number of nitrogens with one attached hydrogen (secondary N) is 1. The number of hydrogen-bond acceptors (Lipinski definition) is 4.